The molecule has 3 rings (SSSR count). The van der Waals surface area contributed by atoms with Crippen molar-refractivity contribution in [3.05, 3.63) is 46.8 Å². The van der Waals surface area contributed by atoms with Gasteiger partial charge in [-0.15, -0.1) is 0 Å². The number of piperidine rings is 1. The molecule has 1 aromatic carbocycles. The molecule has 7 nitrogen and oxygen atoms in total. The molecule has 2 aliphatic heterocycles. The number of aryl methyl sites for hydroxylation is 1. The van der Waals surface area contributed by atoms with E-state index >= 15 is 4.39 Å². The summed E-state index contributed by atoms with van der Waals surface area (Å²) in [6.07, 6.45) is 7.60. The highest BCUT2D eigenvalue weighted by molar-refractivity contribution is 6.32. The van der Waals surface area contributed by atoms with Crippen molar-refractivity contribution in [2.24, 2.45) is 16.8 Å². The number of amidine groups is 1. The SMILES string of the molecule is CC/C=C(Nc1ccc(C)c(N(C=O)CCC(C)(C)O)c1)/C(Cl)=C\N=C(C)N1CC(C)C(C)(F)C(CC2CCN2)C1. The fourth-order valence-electron chi connectivity index (χ4n) is 5.38. The number of anilines is 2. The first-order valence-corrected chi connectivity index (χ1v) is 15.2. The fourth-order valence-corrected chi connectivity index (χ4v) is 5.56. The van der Waals surface area contributed by atoms with Crippen molar-refractivity contribution in [3.63, 3.8) is 0 Å². The molecule has 0 aliphatic carbocycles. The van der Waals surface area contributed by atoms with Gasteiger partial charge in [0.2, 0.25) is 6.41 Å². The molecule has 0 spiro atoms. The summed E-state index contributed by atoms with van der Waals surface area (Å²) in [6, 6.07) is 6.22. The molecule has 2 aliphatic rings. The largest absolute Gasteiger partial charge is 0.390 e. The predicted octanol–water partition coefficient (Wildman–Crippen LogP) is 6.37. The number of halogens is 2. The van der Waals surface area contributed by atoms with Crippen LogP contribution in [0.25, 0.3) is 0 Å². The average Bonchev–Trinajstić information content (AvgIpc) is 2.87. The number of carbonyl (C=O) groups is 1. The van der Waals surface area contributed by atoms with E-state index in [1.165, 1.54) is 0 Å². The second-order valence-electron chi connectivity index (χ2n) is 12.5. The second kappa shape index (κ2) is 14.2. The number of allylic oxidation sites excluding steroid dienone is 2. The number of hydrogen-bond acceptors (Lipinski definition) is 5. The van der Waals surface area contributed by atoms with Crippen molar-refractivity contribution in [2.45, 2.75) is 91.5 Å². The Morgan fingerprint density at radius 2 is 2.10 bits per heavy atom. The van der Waals surface area contributed by atoms with Gasteiger partial charge in [0.25, 0.3) is 0 Å². The van der Waals surface area contributed by atoms with Gasteiger partial charge < -0.3 is 25.5 Å². The van der Waals surface area contributed by atoms with Crippen molar-refractivity contribution >= 4 is 35.2 Å². The van der Waals surface area contributed by atoms with E-state index in [0.717, 1.165) is 55.0 Å². The van der Waals surface area contributed by atoms with Gasteiger partial charge in [-0.25, -0.2) is 9.38 Å². The highest BCUT2D eigenvalue weighted by Gasteiger charge is 2.46. The van der Waals surface area contributed by atoms with E-state index in [1.54, 1.807) is 31.9 Å². The molecule has 0 aromatic heterocycles. The summed E-state index contributed by atoms with van der Waals surface area (Å²) in [4.78, 5) is 20.4. The van der Waals surface area contributed by atoms with E-state index in [9.17, 15) is 9.90 Å². The van der Waals surface area contributed by atoms with Crippen LogP contribution in [0.4, 0.5) is 15.8 Å². The first kappa shape index (κ1) is 33.1. The number of amides is 1. The van der Waals surface area contributed by atoms with E-state index in [0.29, 0.717) is 42.8 Å². The third-order valence-electron chi connectivity index (χ3n) is 8.57. The van der Waals surface area contributed by atoms with Crippen molar-refractivity contribution < 1.29 is 14.3 Å². The Labute approximate surface area is 250 Å². The van der Waals surface area contributed by atoms with E-state index in [4.69, 9.17) is 16.6 Å². The Kier molecular flexibility index (Phi) is 11.4. The number of hydrogen-bond donors (Lipinski definition) is 3. The van der Waals surface area contributed by atoms with Crippen LogP contribution in [-0.2, 0) is 4.79 Å². The zero-order valence-electron chi connectivity index (χ0n) is 25.8. The molecule has 41 heavy (non-hydrogen) atoms. The van der Waals surface area contributed by atoms with Crippen LogP contribution in [0.5, 0.6) is 0 Å². The molecule has 1 aromatic rings. The molecule has 0 bridgehead atoms. The molecular formula is C32H49ClFN5O2. The molecule has 0 saturated carbocycles. The molecule has 4 atom stereocenters. The summed E-state index contributed by atoms with van der Waals surface area (Å²) in [7, 11) is 0. The smallest absolute Gasteiger partial charge is 0.214 e. The minimum Gasteiger partial charge on any atom is -0.390 e. The van der Waals surface area contributed by atoms with Gasteiger partial charge in [-0.2, -0.15) is 0 Å². The maximum Gasteiger partial charge on any atom is 0.214 e. The number of aliphatic imine (C=N–C) groups is 1. The number of benzene rings is 1. The summed E-state index contributed by atoms with van der Waals surface area (Å²) in [5.74, 6) is 0.656. The van der Waals surface area contributed by atoms with Crippen molar-refractivity contribution in [1.29, 1.82) is 0 Å². The van der Waals surface area contributed by atoms with E-state index < -0.39 is 11.3 Å². The van der Waals surface area contributed by atoms with Crippen LogP contribution in [-0.4, -0.2) is 65.7 Å². The number of nitrogens with one attached hydrogen (secondary N) is 2. The highest BCUT2D eigenvalue weighted by Crippen LogP contribution is 2.39. The number of nitrogens with zero attached hydrogens (tertiary/aromatic N) is 3. The minimum absolute atomic E-state index is 0.0593. The van der Waals surface area contributed by atoms with Crippen molar-refractivity contribution in [3.8, 4) is 0 Å². The second-order valence-corrected chi connectivity index (χ2v) is 12.9. The summed E-state index contributed by atoms with van der Waals surface area (Å²) in [5, 5.41) is 17.4. The first-order chi connectivity index (χ1) is 19.2. The van der Waals surface area contributed by atoms with Crippen LogP contribution in [0.1, 0.15) is 72.8 Å². The number of aliphatic hydroxyl groups is 1. The van der Waals surface area contributed by atoms with Crippen LogP contribution in [0.3, 0.4) is 0 Å². The predicted molar refractivity (Wildman–Crippen MR) is 169 cm³/mol. The van der Waals surface area contributed by atoms with Gasteiger partial charge in [0.05, 0.1) is 16.3 Å². The zero-order chi connectivity index (χ0) is 30.4. The monoisotopic (exact) mass is 589 g/mol. The molecule has 0 radical (unpaired) electrons. The van der Waals surface area contributed by atoms with E-state index in [2.05, 4.69) is 15.5 Å². The standard InChI is InChI=1S/C32H49ClFN5O2/c1-8-9-29(37-27-11-10-22(2)30(17-27)38(21-40)15-13-31(5,6)41)28(33)18-36-24(4)39-19-23(3)32(7,34)25(20-39)16-26-12-14-35-26/h9-11,17-18,21,23,25-26,35,37,41H,8,12-16,19-20H2,1-7H3/b28-18+,29-9-,36-24?. The lowest BCUT2D eigenvalue weighted by Gasteiger charge is -2.48. The minimum atomic E-state index is -1.21. The Balaban J connectivity index is 1.75. The number of alkyl halides is 1. The van der Waals surface area contributed by atoms with Crippen LogP contribution in [0, 0.1) is 18.8 Å². The van der Waals surface area contributed by atoms with Crippen LogP contribution in [0.15, 0.2) is 46.2 Å². The zero-order valence-corrected chi connectivity index (χ0v) is 26.6. The van der Waals surface area contributed by atoms with Gasteiger partial charge in [-0.1, -0.05) is 37.6 Å². The third-order valence-corrected chi connectivity index (χ3v) is 8.87. The van der Waals surface area contributed by atoms with Crippen LogP contribution >= 0.6 is 11.6 Å². The van der Waals surface area contributed by atoms with Crippen LogP contribution in [0.2, 0.25) is 0 Å². The number of carbonyl (C=O) groups excluding carboxylic acids is 1. The first-order valence-electron chi connectivity index (χ1n) is 14.8. The molecule has 3 N–H and O–H groups in total. The Morgan fingerprint density at radius 3 is 2.68 bits per heavy atom. The molecule has 1 amide bonds. The number of likely N-dealkylation sites (tertiary alicyclic amines) is 1. The number of rotatable bonds is 12. The lowest BCUT2D eigenvalue weighted by Crippen LogP contribution is -2.57. The van der Waals surface area contributed by atoms with Crippen molar-refractivity contribution in [2.75, 3.05) is 36.4 Å². The van der Waals surface area contributed by atoms with Gasteiger partial charge in [-0.3, -0.25) is 4.79 Å². The van der Waals surface area contributed by atoms with Crippen molar-refractivity contribution in [1.82, 2.24) is 10.2 Å². The lowest BCUT2D eigenvalue weighted by molar-refractivity contribution is -0.107. The Morgan fingerprint density at radius 1 is 1.39 bits per heavy atom. The molecule has 2 fully saturated rings. The molecule has 2 saturated heterocycles. The van der Waals surface area contributed by atoms with E-state index in [1.807, 2.05) is 52.0 Å². The van der Waals surface area contributed by atoms with Gasteiger partial charge in [0, 0.05) is 55.1 Å². The van der Waals surface area contributed by atoms with Crippen LogP contribution < -0.4 is 15.5 Å². The molecule has 2 heterocycles. The maximum absolute atomic E-state index is 15.6. The Hall–Kier alpha value is -2.42. The van der Waals surface area contributed by atoms with Gasteiger partial charge in [-0.05, 0) is 84.5 Å². The summed E-state index contributed by atoms with van der Waals surface area (Å²) in [6.45, 7) is 15.8. The molecule has 9 heteroatoms. The molecule has 228 valence electrons. The summed E-state index contributed by atoms with van der Waals surface area (Å²) >= 11 is 6.76. The quantitative estimate of drug-likeness (QED) is 0.114. The van der Waals surface area contributed by atoms with Gasteiger partial charge in [0.15, 0.2) is 0 Å². The average molecular weight is 590 g/mol. The third kappa shape index (κ3) is 9.03. The van der Waals surface area contributed by atoms with Gasteiger partial charge >= 0.3 is 0 Å². The summed E-state index contributed by atoms with van der Waals surface area (Å²) < 4.78 is 15.6. The van der Waals surface area contributed by atoms with E-state index in [-0.39, 0.29) is 11.8 Å². The topological polar surface area (TPSA) is 80.2 Å². The molecule has 4 unspecified atom stereocenters. The summed E-state index contributed by atoms with van der Waals surface area (Å²) in [5.41, 5.74) is 1.14. The lowest BCUT2D eigenvalue weighted by atomic mass is 9.73. The normalized spacial score (nSPS) is 26.0. The van der Waals surface area contributed by atoms with Gasteiger partial charge in [0.1, 0.15) is 11.5 Å². The molecular weight excluding hydrogens is 541 g/mol. The Bertz CT molecular complexity index is 1140. The maximum atomic E-state index is 15.6. The fraction of sp³-hybridized carbons (Fsp3) is 0.625. The highest BCUT2D eigenvalue weighted by atomic mass is 35.5.